The summed E-state index contributed by atoms with van der Waals surface area (Å²) in [5, 5.41) is 3.44. The van der Waals surface area contributed by atoms with E-state index in [1.807, 2.05) is 12.1 Å². The zero-order valence-electron chi connectivity index (χ0n) is 21.1. The number of rotatable bonds is 11. The van der Waals surface area contributed by atoms with Crippen molar-refractivity contribution in [2.75, 3.05) is 76.9 Å². The number of ether oxygens (including phenoxy) is 2. The number of hydrogen-bond donors (Lipinski definition) is 1. The summed E-state index contributed by atoms with van der Waals surface area (Å²) in [4.78, 5) is 40.4. The van der Waals surface area contributed by atoms with Crippen molar-refractivity contribution < 1.29 is 19.1 Å². The van der Waals surface area contributed by atoms with Crippen molar-refractivity contribution in [3.05, 3.63) is 47.9 Å². The largest absolute Gasteiger partial charge is 0.383 e. The Labute approximate surface area is 207 Å². The third kappa shape index (κ3) is 7.12. The Morgan fingerprint density at radius 2 is 1.71 bits per heavy atom. The molecule has 1 aliphatic heterocycles. The van der Waals surface area contributed by atoms with Crippen LogP contribution in [0.4, 0.5) is 11.5 Å². The van der Waals surface area contributed by atoms with Crippen LogP contribution in [0.1, 0.15) is 34.7 Å². The van der Waals surface area contributed by atoms with Gasteiger partial charge in [-0.1, -0.05) is 0 Å². The first-order chi connectivity index (χ1) is 16.9. The Hall–Kier alpha value is -3.24. The second kappa shape index (κ2) is 13.0. The summed E-state index contributed by atoms with van der Waals surface area (Å²) < 4.78 is 10.2. The normalized spacial score (nSPS) is 13.7. The highest BCUT2D eigenvalue weighted by Gasteiger charge is 2.25. The van der Waals surface area contributed by atoms with Gasteiger partial charge in [-0.05, 0) is 38.1 Å². The molecule has 10 nitrogen and oxygen atoms in total. The zero-order valence-corrected chi connectivity index (χ0v) is 21.1. The third-order valence-corrected chi connectivity index (χ3v) is 5.74. The van der Waals surface area contributed by atoms with E-state index in [9.17, 15) is 9.59 Å². The molecule has 0 atom stereocenters. The molecule has 1 aliphatic rings. The van der Waals surface area contributed by atoms with Gasteiger partial charge in [-0.3, -0.25) is 14.6 Å². The summed E-state index contributed by atoms with van der Waals surface area (Å²) in [5.74, 6) is 0.599. The molecule has 2 amide bonds. The van der Waals surface area contributed by atoms with Gasteiger partial charge >= 0.3 is 0 Å². The van der Waals surface area contributed by atoms with E-state index in [-0.39, 0.29) is 11.8 Å². The predicted octanol–water partition coefficient (Wildman–Crippen LogP) is 1.99. The van der Waals surface area contributed by atoms with Gasteiger partial charge in [0.2, 0.25) is 0 Å². The fourth-order valence-corrected chi connectivity index (χ4v) is 3.90. The van der Waals surface area contributed by atoms with E-state index in [1.54, 1.807) is 42.3 Å². The van der Waals surface area contributed by atoms with Gasteiger partial charge in [-0.15, -0.1) is 0 Å². The van der Waals surface area contributed by atoms with Crippen molar-refractivity contribution in [2.45, 2.75) is 19.9 Å². The van der Waals surface area contributed by atoms with Gasteiger partial charge in [0, 0.05) is 71.9 Å². The van der Waals surface area contributed by atoms with Crippen LogP contribution in [0.3, 0.4) is 0 Å². The Morgan fingerprint density at radius 1 is 1.03 bits per heavy atom. The summed E-state index contributed by atoms with van der Waals surface area (Å²) in [5.41, 5.74) is 1.75. The van der Waals surface area contributed by atoms with Gasteiger partial charge in [-0.25, -0.2) is 4.98 Å². The third-order valence-electron chi connectivity index (χ3n) is 5.74. The molecule has 3 rings (SSSR count). The predicted molar refractivity (Wildman–Crippen MR) is 135 cm³/mol. The van der Waals surface area contributed by atoms with Gasteiger partial charge in [0.15, 0.2) is 5.82 Å². The van der Waals surface area contributed by atoms with E-state index in [2.05, 4.69) is 34.0 Å². The van der Waals surface area contributed by atoms with Gasteiger partial charge in [0.05, 0.1) is 24.5 Å². The number of methoxy groups -OCH3 is 2. The van der Waals surface area contributed by atoms with Gasteiger partial charge in [0.1, 0.15) is 5.69 Å². The molecule has 1 N–H and O–H groups in total. The molecular weight excluding hydrogens is 448 g/mol. The van der Waals surface area contributed by atoms with Crippen LogP contribution < -0.4 is 10.2 Å². The molecule has 2 aromatic rings. The first kappa shape index (κ1) is 26.4. The van der Waals surface area contributed by atoms with E-state index < -0.39 is 0 Å². The molecule has 190 valence electrons. The molecule has 3 heterocycles. The number of nitrogens with one attached hydrogen (secondary N) is 1. The van der Waals surface area contributed by atoms with Crippen molar-refractivity contribution >= 4 is 23.3 Å². The number of aromatic nitrogens is 2. The maximum atomic E-state index is 13.0. The topological polar surface area (TPSA) is 100 Å². The van der Waals surface area contributed by atoms with Crippen LogP contribution in [0.5, 0.6) is 0 Å². The van der Waals surface area contributed by atoms with E-state index in [1.165, 1.54) is 6.20 Å². The molecule has 35 heavy (non-hydrogen) atoms. The average molecular weight is 485 g/mol. The Bertz CT molecular complexity index is 953. The minimum atomic E-state index is -0.166. The molecule has 0 unspecified atom stereocenters. The number of hydrogen-bond acceptors (Lipinski definition) is 8. The van der Waals surface area contributed by atoms with Crippen LogP contribution in [0.2, 0.25) is 0 Å². The second-order valence-corrected chi connectivity index (χ2v) is 8.66. The lowest BCUT2D eigenvalue weighted by molar-refractivity contribution is 0.0626. The highest BCUT2D eigenvalue weighted by atomic mass is 16.5. The lowest BCUT2D eigenvalue weighted by Crippen LogP contribution is -2.49. The molecule has 0 aromatic carbocycles. The van der Waals surface area contributed by atoms with Crippen LogP contribution in [0.15, 0.2) is 36.7 Å². The molecule has 2 aromatic heterocycles. The zero-order chi connectivity index (χ0) is 25.2. The quantitative estimate of drug-likeness (QED) is 0.517. The minimum absolute atomic E-state index is 0.138. The van der Waals surface area contributed by atoms with E-state index in [4.69, 9.17) is 9.47 Å². The summed E-state index contributed by atoms with van der Waals surface area (Å²) in [6.45, 7) is 8.45. The maximum absolute atomic E-state index is 13.0. The SMILES string of the molecule is COCCN(CCOC)C(=O)c1ccc(C(=O)N2CCN(c3ncccc3NC(C)C)CC2)nc1. The second-order valence-electron chi connectivity index (χ2n) is 8.66. The lowest BCUT2D eigenvalue weighted by Gasteiger charge is -2.36. The van der Waals surface area contributed by atoms with Crippen LogP contribution in [-0.4, -0.2) is 104 Å². The van der Waals surface area contributed by atoms with E-state index >= 15 is 0 Å². The molecule has 0 saturated carbocycles. The van der Waals surface area contributed by atoms with E-state index in [0.29, 0.717) is 69.8 Å². The van der Waals surface area contributed by atoms with Crippen molar-refractivity contribution in [1.29, 1.82) is 0 Å². The van der Waals surface area contributed by atoms with Gasteiger partial charge < -0.3 is 29.5 Å². The molecule has 0 spiro atoms. The van der Waals surface area contributed by atoms with Crippen molar-refractivity contribution in [2.24, 2.45) is 0 Å². The fraction of sp³-hybridized carbons (Fsp3) is 0.520. The number of anilines is 2. The first-order valence-corrected chi connectivity index (χ1v) is 11.9. The number of nitrogens with zero attached hydrogens (tertiary/aromatic N) is 5. The average Bonchev–Trinajstić information content (AvgIpc) is 2.88. The Balaban J connectivity index is 1.60. The van der Waals surface area contributed by atoms with Crippen LogP contribution in [0, 0.1) is 0 Å². The summed E-state index contributed by atoms with van der Waals surface area (Å²) in [7, 11) is 3.19. The molecular formula is C25H36N6O4. The molecule has 10 heteroatoms. The molecule has 1 fully saturated rings. The highest BCUT2D eigenvalue weighted by Crippen LogP contribution is 2.24. The standard InChI is InChI=1S/C25H36N6O4/c1-19(2)28-21-6-5-9-26-23(21)29-10-12-30(13-11-29)25(33)22-8-7-20(18-27-22)24(32)31(14-16-34-3)15-17-35-4/h5-9,18-19,28H,10-17H2,1-4H3. The van der Waals surface area contributed by atoms with Crippen LogP contribution >= 0.6 is 0 Å². The van der Waals surface area contributed by atoms with Crippen LogP contribution in [0.25, 0.3) is 0 Å². The maximum Gasteiger partial charge on any atom is 0.272 e. The Morgan fingerprint density at radius 3 is 2.29 bits per heavy atom. The Kier molecular flexibility index (Phi) is 9.80. The number of amides is 2. The first-order valence-electron chi connectivity index (χ1n) is 11.9. The lowest BCUT2D eigenvalue weighted by atomic mass is 10.2. The van der Waals surface area contributed by atoms with Gasteiger partial charge in [0.25, 0.3) is 11.8 Å². The number of carbonyl (C=O) groups excluding carboxylic acids is 2. The van der Waals surface area contributed by atoms with Crippen molar-refractivity contribution in [3.63, 3.8) is 0 Å². The van der Waals surface area contributed by atoms with Crippen molar-refractivity contribution in [3.8, 4) is 0 Å². The molecule has 0 aliphatic carbocycles. The van der Waals surface area contributed by atoms with E-state index in [0.717, 1.165) is 11.5 Å². The van der Waals surface area contributed by atoms with Crippen molar-refractivity contribution in [1.82, 2.24) is 19.8 Å². The highest BCUT2D eigenvalue weighted by molar-refractivity contribution is 5.96. The summed E-state index contributed by atoms with van der Waals surface area (Å²) in [6.07, 6.45) is 3.26. The number of carbonyl (C=O) groups is 2. The molecule has 1 saturated heterocycles. The van der Waals surface area contributed by atoms with Gasteiger partial charge in [-0.2, -0.15) is 0 Å². The number of pyridine rings is 2. The monoisotopic (exact) mass is 484 g/mol. The fourth-order valence-electron chi connectivity index (χ4n) is 3.90. The van der Waals surface area contributed by atoms with Crippen LogP contribution in [-0.2, 0) is 9.47 Å². The smallest absolute Gasteiger partial charge is 0.272 e. The molecule has 0 bridgehead atoms. The summed E-state index contributed by atoms with van der Waals surface area (Å²) >= 11 is 0. The summed E-state index contributed by atoms with van der Waals surface area (Å²) in [6, 6.07) is 7.52. The minimum Gasteiger partial charge on any atom is -0.383 e. The number of piperazine rings is 1. The molecule has 0 radical (unpaired) electrons.